The van der Waals surface area contributed by atoms with Crippen molar-refractivity contribution in [3.05, 3.63) is 34.9 Å². The van der Waals surface area contributed by atoms with Gasteiger partial charge < -0.3 is 4.74 Å². The summed E-state index contributed by atoms with van der Waals surface area (Å²) in [4.78, 5) is 14.3. The molecule has 4 heteroatoms. The standard InChI is InChI=1S/C15H20ClNO2/c1-12(11-17-8-3-2-4-9-17)19-15(18)13-6-5-7-14(16)10-13/h5-7,10,12H,2-4,8-9,11H2,1H3/t12-/m1/s1. The first-order valence-corrected chi connectivity index (χ1v) is 7.22. The van der Waals surface area contributed by atoms with Crippen molar-refractivity contribution in [2.45, 2.75) is 32.3 Å². The number of halogens is 1. The van der Waals surface area contributed by atoms with Gasteiger partial charge in [-0.05, 0) is 51.1 Å². The van der Waals surface area contributed by atoms with Crippen molar-refractivity contribution in [1.29, 1.82) is 0 Å². The van der Waals surface area contributed by atoms with Crippen molar-refractivity contribution in [3.63, 3.8) is 0 Å². The predicted molar refractivity (Wildman–Crippen MR) is 76.6 cm³/mol. The van der Waals surface area contributed by atoms with Gasteiger partial charge in [-0.3, -0.25) is 4.90 Å². The summed E-state index contributed by atoms with van der Waals surface area (Å²) in [6.45, 7) is 4.97. The number of rotatable bonds is 4. The van der Waals surface area contributed by atoms with Crippen LogP contribution in [0, 0.1) is 0 Å². The van der Waals surface area contributed by atoms with Crippen LogP contribution in [0.1, 0.15) is 36.5 Å². The van der Waals surface area contributed by atoms with Crippen LogP contribution in [0.15, 0.2) is 24.3 Å². The Morgan fingerprint density at radius 1 is 1.37 bits per heavy atom. The largest absolute Gasteiger partial charge is 0.458 e. The van der Waals surface area contributed by atoms with E-state index in [4.69, 9.17) is 16.3 Å². The molecule has 19 heavy (non-hydrogen) atoms. The van der Waals surface area contributed by atoms with Crippen LogP contribution in [0.2, 0.25) is 5.02 Å². The lowest BCUT2D eigenvalue weighted by molar-refractivity contribution is 0.0236. The van der Waals surface area contributed by atoms with Crippen molar-refractivity contribution in [3.8, 4) is 0 Å². The number of ether oxygens (including phenoxy) is 1. The Labute approximate surface area is 119 Å². The molecule has 0 bridgehead atoms. The highest BCUT2D eigenvalue weighted by molar-refractivity contribution is 6.30. The van der Waals surface area contributed by atoms with E-state index in [-0.39, 0.29) is 12.1 Å². The average Bonchev–Trinajstić information content (AvgIpc) is 2.39. The minimum Gasteiger partial charge on any atom is -0.458 e. The smallest absolute Gasteiger partial charge is 0.338 e. The molecule has 1 atom stereocenters. The van der Waals surface area contributed by atoms with E-state index in [0.717, 1.165) is 19.6 Å². The maximum absolute atomic E-state index is 11.9. The third kappa shape index (κ3) is 4.51. The number of benzene rings is 1. The molecule has 0 aromatic heterocycles. The first-order chi connectivity index (χ1) is 9.15. The highest BCUT2D eigenvalue weighted by atomic mass is 35.5. The van der Waals surface area contributed by atoms with Gasteiger partial charge in [-0.2, -0.15) is 0 Å². The van der Waals surface area contributed by atoms with Crippen LogP contribution in [-0.2, 0) is 4.74 Å². The Morgan fingerprint density at radius 2 is 2.11 bits per heavy atom. The van der Waals surface area contributed by atoms with Crippen LogP contribution >= 0.6 is 11.6 Å². The molecule has 1 saturated heterocycles. The van der Waals surface area contributed by atoms with Crippen molar-refractivity contribution in [2.75, 3.05) is 19.6 Å². The number of esters is 1. The fraction of sp³-hybridized carbons (Fsp3) is 0.533. The second-order valence-electron chi connectivity index (χ2n) is 5.09. The molecule has 0 N–H and O–H groups in total. The molecule has 1 aliphatic rings. The quantitative estimate of drug-likeness (QED) is 0.793. The molecule has 0 amide bonds. The van der Waals surface area contributed by atoms with Gasteiger partial charge in [0.05, 0.1) is 5.56 Å². The minimum atomic E-state index is -0.299. The van der Waals surface area contributed by atoms with Gasteiger partial charge in [0.25, 0.3) is 0 Å². The van der Waals surface area contributed by atoms with Crippen molar-refractivity contribution in [2.24, 2.45) is 0 Å². The number of hydrogen-bond donors (Lipinski definition) is 0. The summed E-state index contributed by atoms with van der Waals surface area (Å²) < 4.78 is 5.45. The van der Waals surface area contributed by atoms with E-state index in [1.165, 1.54) is 19.3 Å². The Bertz CT molecular complexity index is 430. The van der Waals surface area contributed by atoms with Gasteiger partial charge in [0.1, 0.15) is 6.10 Å². The Morgan fingerprint density at radius 3 is 2.79 bits per heavy atom. The summed E-state index contributed by atoms with van der Waals surface area (Å²) in [5.41, 5.74) is 0.512. The monoisotopic (exact) mass is 281 g/mol. The van der Waals surface area contributed by atoms with Gasteiger partial charge in [0, 0.05) is 11.6 Å². The van der Waals surface area contributed by atoms with E-state index < -0.39 is 0 Å². The van der Waals surface area contributed by atoms with Gasteiger partial charge in [-0.1, -0.05) is 24.1 Å². The molecule has 1 heterocycles. The van der Waals surface area contributed by atoms with E-state index in [2.05, 4.69) is 4.90 Å². The summed E-state index contributed by atoms with van der Waals surface area (Å²) in [6.07, 6.45) is 3.71. The van der Waals surface area contributed by atoms with Crippen LogP contribution < -0.4 is 0 Å². The van der Waals surface area contributed by atoms with Crippen molar-refractivity contribution in [1.82, 2.24) is 4.90 Å². The number of piperidine rings is 1. The Balaban J connectivity index is 1.84. The van der Waals surface area contributed by atoms with Crippen LogP contribution in [0.25, 0.3) is 0 Å². The molecular formula is C15H20ClNO2. The molecule has 0 saturated carbocycles. The van der Waals surface area contributed by atoms with Gasteiger partial charge in [0.15, 0.2) is 0 Å². The van der Waals surface area contributed by atoms with E-state index in [1.54, 1.807) is 24.3 Å². The van der Waals surface area contributed by atoms with E-state index in [0.29, 0.717) is 10.6 Å². The second kappa shape index (κ2) is 6.92. The second-order valence-corrected chi connectivity index (χ2v) is 5.52. The molecule has 0 aliphatic carbocycles. The van der Waals surface area contributed by atoms with Gasteiger partial charge >= 0.3 is 5.97 Å². The normalized spacial score (nSPS) is 18.0. The molecule has 1 aliphatic heterocycles. The molecule has 0 radical (unpaired) electrons. The SMILES string of the molecule is C[C@H](CN1CCCCC1)OC(=O)c1cccc(Cl)c1. The maximum Gasteiger partial charge on any atom is 0.338 e. The number of likely N-dealkylation sites (tertiary alicyclic amines) is 1. The first kappa shape index (κ1) is 14.4. The molecule has 104 valence electrons. The minimum absolute atomic E-state index is 0.0930. The Kier molecular flexibility index (Phi) is 5.23. The lowest BCUT2D eigenvalue weighted by Crippen LogP contribution is -2.37. The zero-order valence-corrected chi connectivity index (χ0v) is 12.0. The predicted octanol–water partition coefficient (Wildman–Crippen LogP) is 3.37. The van der Waals surface area contributed by atoms with Crippen LogP contribution in [0.4, 0.5) is 0 Å². The average molecular weight is 282 g/mol. The van der Waals surface area contributed by atoms with E-state index >= 15 is 0 Å². The van der Waals surface area contributed by atoms with Crippen LogP contribution in [-0.4, -0.2) is 36.6 Å². The highest BCUT2D eigenvalue weighted by Crippen LogP contribution is 2.14. The molecular weight excluding hydrogens is 262 g/mol. The molecule has 1 fully saturated rings. The molecule has 0 unspecified atom stereocenters. The van der Waals surface area contributed by atoms with Gasteiger partial charge in [-0.15, -0.1) is 0 Å². The van der Waals surface area contributed by atoms with Gasteiger partial charge in [0.2, 0.25) is 0 Å². The van der Waals surface area contributed by atoms with E-state index in [1.807, 2.05) is 6.92 Å². The summed E-state index contributed by atoms with van der Waals surface area (Å²) in [6, 6.07) is 6.86. The van der Waals surface area contributed by atoms with E-state index in [9.17, 15) is 4.79 Å². The maximum atomic E-state index is 11.9. The summed E-state index contributed by atoms with van der Waals surface area (Å²) in [7, 11) is 0. The molecule has 2 rings (SSSR count). The number of carbonyl (C=O) groups excluding carboxylic acids is 1. The van der Waals surface area contributed by atoms with Crippen LogP contribution in [0.5, 0.6) is 0 Å². The lowest BCUT2D eigenvalue weighted by atomic mass is 10.1. The third-order valence-electron chi connectivity index (χ3n) is 3.33. The molecule has 3 nitrogen and oxygen atoms in total. The summed E-state index contributed by atoms with van der Waals surface area (Å²) >= 11 is 5.87. The number of nitrogens with zero attached hydrogens (tertiary/aromatic N) is 1. The fourth-order valence-corrected chi connectivity index (χ4v) is 2.60. The zero-order chi connectivity index (χ0) is 13.7. The van der Waals surface area contributed by atoms with Crippen molar-refractivity contribution < 1.29 is 9.53 Å². The zero-order valence-electron chi connectivity index (χ0n) is 11.3. The summed E-state index contributed by atoms with van der Waals surface area (Å²) in [5, 5.41) is 0.554. The summed E-state index contributed by atoms with van der Waals surface area (Å²) in [5.74, 6) is -0.299. The third-order valence-corrected chi connectivity index (χ3v) is 3.57. The molecule has 1 aromatic rings. The topological polar surface area (TPSA) is 29.5 Å². The van der Waals surface area contributed by atoms with Gasteiger partial charge in [-0.25, -0.2) is 4.79 Å². The van der Waals surface area contributed by atoms with Crippen LogP contribution in [0.3, 0.4) is 0 Å². The number of carbonyl (C=O) groups is 1. The molecule has 1 aromatic carbocycles. The first-order valence-electron chi connectivity index (χ1n) is 6.84. The van der Waals surface area contributed by atoms with Crippen molar-refractivity contribution >= 4 is 17.6 Å². The molecule has 0 spiro atoms. The fourth-order valence-electron chi connectivity index (χ4n) is 2.41. The lowest BCUT2D eigenvalue weighted by Gasteiger charge is -2.28. The Hall–Kier alpha value is -1.06. The number of hydrogen-bond acceptors (Lipinski definition) is 3. The highest BCUT2D eigenvalue weighted by Gasteiger charge is 2.17.